The van der Waals surface area contributed by atoms with E-state index >= 15 is 0 Å². The molecule has 1 aliphatic heterocycles. The van der Waals surface area contributed by atoms with E-state index < -0.39 is 0 Å². The molecule has 0 atom stereocenters. The van der Waals surface area contributed by atoms with E-state index in [4.69, 9.17) is 15.2 Å². The third-order valence-corrected chi connectivity index (χ3v) is 5.05. The number of benzene rings is 1. The summed E-state index contributed by atoms with van der Waals surface area (Å²) in [6, 6.07) is 4.34. The second kappa shape index (κ2) is 5.20. The second-order valence-electron chi connectivity index (χ2n) is 7.55. The number of fused-ring (bicyclic) bond motifs is 1. The van der Waals surface area contributed by atoms with Gasteiger partial charge in [-0.2, -0.15) is 0 Å². The molecule has 0 aromatic heterocycles. The lowest BCUT2D eigenvalue weighted by atomic mass is 9.77. The summed E-state index contributed by atoms with van der Waals surface area (Å²) in [5.74, 6) is 1.77. The van der Waals surface area contributed by atoms with Gasteiger partial charge in [-0.15, -0.1) is 0 Å². The van der Waals surface area contributed by atoms with E-state index in [2.05, 4.69) is 32.9 Å². The van der Waals surface area contributed by atoms with Gasteiger partial charge in [-0.3, -0.25) is 0 Å². The zero-order chi connectivity index (χ0) is 15.1. The van der Waals surface area contributed by atoms with E-state index in [0.29, 0.717) is 13.2 Å². The standard InChI is InChI=1S/C18H27NO2/c1-13-8-15-16(21-12-17(2,3)11-20-15)9-14(13)18(10-19)6-4-5-7-18/h8-9H,4-7,10-12,19H2,1-3H3. The van der Waals surface area contributed by atoms with Crippen LogP contribution in [0.2, 0.25) is 0 Å². The molecular formula is C18H27NO2. The first-order chi connectivity index (χ1) is 9.96. The number of aryl methyl sites for hydroxylation is 1. The second-order valence-corrected chi connectivity index (χ2v) is 7.55. The zero-order valence-corrected chi connectivity index (χ0v) is 13.5. The fourth-order valence-electron chi connectivity index (χ4n) is 3.68. The highest BCUT2D eigenvalue weighted by molar-refractivity contribution is 5.50. The van der Waals surface area contributed by atoms with Crippen molar-refractivity contribution in [1.29, 1.82) is 0 Å². The molecule has 0 amide bonds. The van der Waals surface area contributed by atoms with Gasteiger partial charge >= 0.3 is 0 Å². The van der Waals surface area contributed by atoms with E-state index in [1.54, 1.807) is 0 Å². The zero-order valence-electron chi connectivity index (χ0n) is 13.5. The number of nitrogens with two attached hydrogens (primary N) is 1. The summed E-state index contributed by atoms with van der Waals surface area (Å²) >= 11 is 0. The summed E-state index contributed by atoms with van der Waals surface area (Å²) in [6.45, 7) is 8.62. The molecule has 1 fully saturated rings. The molecule has 0 unspecified atom stereocenters. The Morgan fingerprint density at radius 1 is 1.05 bits per heavy atom. The van der Waals surface area contributed by atoms with Crippen LogP contribution in [0.25, 0.3) is 0 Å². The molecule has 3 heteroatoms. The van der Waals surface area contributed by atoms with Crippen LogP contribution in [-0.4, -0.2) is 19.8 Å². The van der Waals surface area contributed by atoms with Crippen molar-refractivity contribution in [2.24, 2.45) is 11.1 Å². The summed E-state index contributed by atoms with van der Waals surface area (Å²) in [4.78, 5) is 0. The predicted octanol–water partition coefficient (Wildman–Crippen LogP) is 3.56. The van der Waals surface area contributed by atoms with Gasteiger partial charge in [-0.1, -0.05) is 26.7 Å². The van der Waals surface area contributed by atoms with Crippen molar-refractivity contribution in [2.75, 3.05) is 19.8 Å². The van der Waals surface area contributed by atoms with Gasteiger partial charge < -0.3 is 15.2 Å². The Kier molecular flexibility index (Phi) is 3.64. The quantitative estimate of drug-likeness (QED) is 0.905. The van der Waals surface area contributed by atoms with E-state index in [-0.39, 0.29) is 10.8 Å². The van der Waals surface area contributed by atoms with Gasteiger partial charge in [0.1, 0.15) is 0 Å². The van der Waals surface area contributed by atoms with E-state index in [9.17, 15) is 0 Å². The Morgan fingerprint density at radius 3 is 2.19 bits per heavy atom. The Labute approximate surface area is 127 Å². The molecule has 1 heterocycles. The minimum Gasteiger partial charge on any atom is -0.489 e. The van der Waals surface area contributed by atoms with E-state index in [1.807, 2.05) is 0 Å². The van der Waals surface area contributed by atoms with Crippen molar-refractivity contribution in [1.82, 2.24) is 0 Å². The molecule has 2 aliphatic rings. The number of rotatable bonds is 2. The van der Waals surface area contributed by atoms with Gasteiger partial charge in [0.05, 0.1) is 13.2 Å². The molecular weight excluding hydrogens is 262 g/mol. The monoisotopic (exact) mass is 289 g/mol. The van der Waals surface area contributed by atoms with Crippen molar-refractivity contribution in [3.8, 4) is 11.5 Å². The van der Waals surface area contributed by atoms with Crippen LogP contribution in [-0.2, 0) is 5.41 Å². The summed E-state index contributed by atoms with van der Waals surface area (Å²) in [6.07, 6.45) is 4.93. The first-order valence-electron chi connectivity index (χ1n) is 8.07. The van der Waals surface area contributed by atoms with Crippen LogP contribution < -0.4 is 15.2 Å². The van der Waals surface area contributed by atoms with Crippen LogP contribution in [0.3, 0.4) is 0 Å². The largest absolute Gasteiger partial charge is 0.489 e. The highest BCUT2D eigenvalue weighted by Gasteiger charge is 2.36. The van der Waals surface area contributed by atoms with Crippen molar-refractivity contribution in [3.63, 3.8) is 0 Å². The van der Waals surface area contributed by atoms with Crippen molar-refractivity contribution < 1.29 is 9.47 Å². The molecule has 1 saturated carbocycles. The maximum absolute atomic E-state index is 6.15. The van der Waals surface area contributed by atoms with Crippen molar-refractivity contribution in [3.05, 3.63) is 23.3 Å². The summed E-state index contributed by atoms with van der Waals surface area (Å²) in [5.41, 5.74) is 8.99. The van der Waals surface area contributed by atoms with Crippen LogP contribution in [0.5, 0.6) is 11.5 Å². The van der Waals surface area contributed by atoms with Gasteiger partial charge in [0.2, 0.25) is 0 Å². The van der Waals surface area contributed by atoms with Crippen LogP contribution in [0.4, 0.5) is 0 Å². The molecule has 21 heavy (non-hydrogen) atoms. The Balaban J connectivity index is 2.00. The van der Waals surface area contributed by atoms with Gasteiger partial charge in [0.15, 0.2) is 11.5 Å². The summed E-state index contributed by atoms with van der Waals surface area (Å²) < 4.78 is 12.0. The predicted molar refractivity (Wildman–Crippen MR) is 85.2 cm³/mol. The normalized spacial score (nSPS) is 22.9. The maximum atomic E-state index is 6.15. The van der Waals surface area contributed by atoms with Crippen molar-refractivity contribution in [2.45, 2.75) is 51.9 Å². The van der Waals surface area contributed by atoms with Gasteiger partial charge in [0.25, 0.3) is 0 Å². The number of hydrogen-bond acceptors (Lipinski definition) is 3. The lowest BCUT2D eigenvalue weighted by molar-refractivity contribution is 0.140. The molecule has 3 rings (SSSR count). The molecule has 116 valence electrons. The molecule has 0 radical (unpaired) electrons. The van der Waals surface area contributed by atoms with Crippen LogP contribution in [0.1, 0.15) is 50.7 Å². The Bertz CT molecular complexity index is 530. The average molecular weight is 289 g/mol. The maximum Gasteiger partial charge on any atom is 0.161 e. The fraction of sp³-hybridized carbons (Fsp3) is 0.667. The van der Waals surface area contributed by atoms with Crippen LogP contribution in [0.15, 0.2) is 12.1 Å². The summed E-state index contributed by atoms with van der Waals surface area (Å²) in [7, 11) is 0. The number of hydrogen-bond donors (Lipinski definition) is 1. The molecule has 0 spiro atoms. The van der Waals surface area contributed by atoms with Crippen LogP contribution in [0, 0.1) is 12.3 Å². The topological polar surface area (TPSA) is 44.5 Å². The number of ether oxygens (including phenoxy) is 2. The highest BCUT2D eigenvalue weighted by atomic mass is 16.5. The Hall–Kier alpha value is -1.22. The van der Waals surface area contributed by atoms with Crippen molar-refractivity contribution >= 4 is 0 Å². The van der Waals surface area contributed by atoms with E-state index in [0.717, 1.165) is 18.0 Å². The molecule has 0 bridgehead atoms. The molecule has 1 aromatic rings. The minimum atomic E-state index is 0.0476. The van der Waals surface area contributed by atoms with E-state index in [1.165, 1.54) is 36.8 Å². The minimum absolute atomic E-state index is 0.0476. The molecule has 2 N–H and O–H groups in total. The van der Waals surface area contributed by atoms with Gasteiger partial charge in [-0.25, -0.2) is 0 Å². The average Bonchev–Trinajstić information content (AvgIpc) is 2.88. The lowest BCUT2D eigenvalue weighted by Gasteiger charge is -2.30. The van der Waals surface area contributed by atoms with Gasteiger partial charge in [0, 0.05) is 17.4 Å². The molecule has 0 saturated heterocycles. The third kappa shape index (κ3) is 2.64. The third-order valence-electron chi connectivity index (χ3n) is 5.05. The first-order valence-corrected chi connectivity index (χ1v) is 8.07. The summed E-state index contributed by atoms with van der Waals surface area (Å²) in [5, 5.41) is 0. The Morgan fingerprint density at radius 2 is 1.62 bits per heavy atom. The smallest absolute Gasteiger partial charge is 0.161 e. The molecule has 3 nitrogen and oxygen atoms in total. The van der Waals surface area contributed by atoms with Gasteiger partial charge in [-0.05, 0) is 43.0 Å². The SMILES string of the molecule is Cc1cc2c(cc1C1(CN)CCCC1)OCC(C)(C)CO2. The van der Waals surface area contributed by atoms with Crippen LogP contribution >= 0.6 is 0 Å². The fourth-order valence-corrected chi connectivity index (χ4v) is 3.68. The highest BCUT2D eigenvalue weighted by Crippen LogP contribution is 2.45. The molecule has 1 aromatic carbocycles. The first kappa shape index (κ1) is 14.7. The molecule has 1 aliphatic carbocycles. The lowest BCUT2D eigenvalue weighted by Crippen LogP contribution is -2.32.